The van der Waals surface area contributed by atoms with E-state index >= 15 is 0 Å². The molecule has 0 amide bonds. The van der Waals surface area contributed by atoms with Gasteiger partial charge in [0, 0.05) is 56.1 Å². The Kier molecular flexibility index (Phi) is 8.70. The Balaban J connectivity index is 1.38. The zero-order valence-electron chi connectivity index (χ0n) is 16.8. The van der Waals surface area contributed by atoms with E-state index in [0.29, 0.717) is 18.8 Å². The number of aliphatic imine (C=N–C) groups is 1. The fourth-order valence-corrected chi connectivity index (χ4v) is 3.83. The summed E-state index contributed by atoms with van der Waals surface area (Å²) in [6.07, 6.45) is 4.59. The highest BCUT2D eigenvalue weighted by atomic mass is 35.5. The second kappa shape index (κ2) is 11.5. The highest BCUT2D eigenvalue weighted by molar-refractivity contribution is 6.30. The van der Waals surface area contributed by atoms with Crippen molar-refractivity contribution in [1.29, 1.82) is 0 Å². The fourth-order valence-electron chi connectivity index (χ4n) is 3.65. The molecule has 2 aliphatic rings. The number of hydrogen-bond acceptors (Lipinski definition) is 4. The number of nitrogens with zero attached hydrogens (tertiary/aromatic N) is 2. The van der Waals surface area contributed by atoms with E-state index < -0.39 is 0 Å². The van der Waals surface area contributed by atoms with Gasteiger partial charge < -0.3 is 25.0 Å². The third-order valence-corrected chi connectivity index (χ3v) is 5.33. The predicted molar refractivity (Wildman–Crippen MR) is 116 cm³/mol. The molecule has 2 aliphatic heterocycles. The highest BCUT2D eigenvalue weighted by Crippen LogP contribution is 2.23. The van der Waals surface area contributed by atoms with Crippen molar-refractivity contribution in [3.05, 3.63) is 29.3 Å². The molecule has 28 heavy (non-hydrogen) atoms. The molecule has 1 aromatic carbocycles. The molecular formula is C21H33ClN4O2. The minimum absolute atomic E-state index is 0.298. The Morgan fingerprint density at radius 3 is 3.11 bits per heavy atom. The number of rotatable bonds is 9. The van der Waals surface area contributed by atoms with Crippen LogP contribution < -0.4 is 15.5 Å². The normalized spacial score (nSPS) is 22.6. The lowest BCUT2D eigenvalue weighted by molar-refractivity contribution is 0.0171. The molecule has 1 aromatic rings. The van der Waals surface area contributed by atoms with Crippen LogP contribution in [0.3, 0.4) is 0 Å². The number of anilines is 1. The minimum Gasteiger partial charge on any atom is -0.379 e. The first-order valence-corrected chi connectivity index (χ1v) is 10.9. The molecule has 2 atom stereocenters. The van der Waals surface area contributed by atoms with E-state index in [2.05, 4.69) is 28.5 Å². The van der Waals surface area contributed by atoms with Gasteiger partial charge in [-0.1, -0.05) is 17.7 Å². The van der Waals surface area contributed by atoms with Crippen molar-refractivity contribution in [3.8, 4) is 0 Å². The third-order valence-electron chi connectivity index (χ3n) is 5.09. The van der Waals surface area contributed by atoms with Gasteiger partial charge in [-0.15, -0.1) is 0 Å². The molecule has 2 heterocycles. The summed E-state index contributed by atoms with van der Waals surface area (Å²) in [7, 11) is 0. The predicted octanol–water partition coefficient (Wildman–Crippen LogP) is 3.06. The molecule has 2 N–H and O–H groups in total. The van der Waals surface area contributed by atoms with Crippen molar-refractivity contribution in [1.82, 2.24) is 10.6 Å². The number of benzene rings is 1. The van der Waals surface area contributed by atoms with Gasteiger partial charge in [0.1, 0.15) is 0 Å². The van der Waals surface area contributed by atoms with Crippen LogP contribution in [0.25, 0.3) is 0 Å². The molecule has 2 unspecified atom stereocenters. The molecule has 0 bridgehead atoms. The summed E-state index contributed by atoms with van der Waals surface area (Å²) in [5.41, 5.74) is 1.18. The summed E-state index contributed by atoms with van der Waals surface area (Å²) in [6, 6.07) is 8.44. The standard InChI is InChI=1S/C21H33ClN4O2/c1-2-23-21(24-10-5-12-27-16-20-8-4-13-28-20)25-18-9-11-26(15-18)19-7-3-6-17(22)14-19/h3,6-7,14,18,20H,2,4-5,8-13,15-16H2,1H3,(H2,23,24,25). The van der Waals surface area contributed by atoms with Crippen molar-refractivity contribution in [3.63, 3.8) is 0 Å². The maximum absolute atomic E-state index is 6.13. The number of hydrogen-bond donors (Lipinski definition) is 2. The van der Waals surface area contributed by atoms with Crippen LogP contribution in [0, 0.1) is 0 Å². The van der Waals surface area contributed by atoms with Crippen LogP contribution in [0.15, 0.2) is 29.3 Å². The summed E-state index contributed by atoms with van der Waals surface area (Å²) in [5.74, 6) is 0.888. The molecule has 0 radical (unpaired) electrons. The van der Waals surface area contributed by atoms with E-state index in [9.17, 15) is 0 Å². The molecule has 156 valence electrons. The zero-order chi connectivity index (χ0) is 19.6. The maximum atomic E-state index is 6.13. The van der Waals surface area contributed by atoms with E-state index in [-0.39, 0.29) is 0 Å². The molecule has 7 heteroatoms. The van der Waals surface area contributed by atoms with Crippen molar-refractivity contribution < 1.29 is 9.47 Å². The van der Waals surface area contributed by atoms with Crippen LogP contribution in [-0.4, -0.2) is 64.1 Å². The molecule has 0 aliphatic carbocycles. The van der Waals surface area contributed by atoms with Crippen LogP contribution >= 0.6 is 11.6 Å². The van der Waals surface area contributed by atoms with Crippen molar-refractivity contribution in [2.75, 3.05) is 50.9 Å². The second-order valence-corrected chi connectivity index (χ2v) is 7.82. The molecule has 2 fully saturated rings. The Labute approximate surface area is 173 Å². The van der Waals surface area contributed by atoms with E-state index in [1.165, 1.54) is 5.69 Å². The molecule has 0 aromatic heterocycles. The van der Waals surface area contributed by atoms with Gasteiger partial charge in [-0.3, -0.25) is 4.99 Å². The van der Waals surface area contributed by atoms with Crippen molar-refractivity contribution in [2.45, 2.75) is 44.8 Å². The molecule has 6 nitrogen and oxygen atoms in total. The minimum atomic E-state index is 0.298. The number of halogens is 1. The number of ether oxygens (including phenoxy) is 2. The Bertz CT molecular complexity index is 622. The SMILES string of the molecule is CCNC(=NCCCOCC1CCCO1)NC1CCN(c2cccc(Cl)c2)C1. The first-order chi connectivity index (χ1) is 13.7. The Morgan fingerprint density at radius 2 is 2.32 bits per heavy atom. The lowest BCUT2D eigenvalue weighted by Crippen LogP contribution is -2.44. The summed E-state index contributed by atoms with van der Waals surface area (Å²) in [6.45, 7) is 8.00. The van der Waals surface area contributed by atoms with Gasteiger partial charge in [-0.2, -0.15) is 0 Å². The first kappa shape index (κ1) is 21.2. The van der Waals surface area contributed by atoms with Crippen LogP contribution in [0.1, 0.15) is 32.6 Å². The molecule has 3 rings (SSSR count). The summed E-state index contributed by atoms with van der Waals surface area (Å²) in [4.78, 5) is 7.07. The quantitative estimate of drug-likeness (QED) is 0.373. The number of nitrogens with one attached hydrogen (secondary N) is 2. The lowest BCUT2D eigenvalue weighted by Gasteiger charge is -2.20. The monoisotopic (exact) mass is 408 g/mol. The molecule has 0 spiro atoms. The average molecular weight is 409 g/mol. The average Bonchev–Trinajstić information content (AvgIpc) is 3.37. The third kappa shape index (κ3) is 6.83. The van der Waals surface area contributed by atoms with Crippen LogP contribution in [-0.2, 0) is 9.47 Å². The summed E-state index contributed by atoms with van der Waals surface area (Å²) in [5, 5.41) is 7.70. The highest BCUT2D eigenvalue weighted by Gasteiger charge is 2.23. The van der Waals surface area contributed by atoms with Gasteiger partial charge in [-0.05, 0) is 50.8 Å². The number of guanidine groups is 1. The van der Waals surface area contributed by atoms with Crippen LogP contribution in [0.2, 0.25) is 5.02 Å². The Hall–Kier alpha value is -1.50. The summed E-state index contributed by atoms with van der Waals surface area (Å²) >= 11 is 6.13. The Morgan fingerprint density at radius 1 is 1.39 bits per heavy atom. The topological polar surface area (TPSA) is 58.1 Å². The van der Waals surface area contributed by atoms with Gasteiger partial charge in [0.2, 0.25) is 0 Å². The molecule has 2 saturated heterocycles. The van der Waals surface area contributed by atoms with Crippen molar-refractivity contribution in [2.24, 2.45) is 4.99 Å². The van der Waals surface area contributed by atoms with E-state index in [1.807, 2.05) is 18.2 Å². The van der Waals surface area contributed by atoms with E-state index in [4.69, 9.17) is 26.1 Å². The van der Waals surface area contributed by atoms with Gasteiger partial charge in [0.05, 0.1) is 12.7 Å². The smallest absolute Gasteiger partial charge is 0.191 e. The van der Waals surface area contributed by atoms with E-state index in [1.54, 1.807) is 0 Å². The lowest BCUT2D eigenvalue weighted by atomic mass is 10.2. The first-order valence-electron chi connectivity index (χ1n) is 10.5. The van der Waals surface area contributed by atoms with Gasteiger partial charge >= 0.3 is 0 Å². The van der Waals surface area contributed by atoms with Gasteiger partial charge in [-0.25, -0.2) is 0 Å². The second-order valence-electron chi connectivity index (χ2n) is 7.38. The molecule has 0 saturated carbocycles. The van der Waals surface area contributed by atoms with Crippen molar-refractivity contribution >= 4 is 23.2 Å². The van der Waals surface area contributed by atoms with Gasteiger partial charge in [0.15, 0.2) is 5.96 Å². The molecular weight excluding hydrogens is 376 g/mol. The van der Waals surface area contributed by atoms with Gasteiger partial charge in [0.25, 0.3) is 0 Å². The van der Waals surface area contributed by atoms with E-state index in [0.717, 1.165) is 76.1 Å². The summed E-state index contributed by atoms with van der Waals surface area (Å²) < 4.78 is 11.3. The van der Waals surface area contributed by atoms with Crippen LogP contribution in [0.4, 0.5) is 5.69 Å². The largest absolute Gasteiger partial charge is 0.379 e. The zero-order valence-corrected chi connectivity index (χ0v) is 17.6. The van der Waals surface area contributed by atoms with Crippen LogP contribution in [0.5, 0.6) is 0 Å². The maximum Gasteiger partial charge on any atom is 0.191 e. The fraction of sp³-hybridized carbons (Fsp3) is 0.667.